The Morgan fingerprint density at radius 3 is 2.95 bits per heavy atom. The molecule has 0 radical (unpaired) electrons. The van der Waals surface area contributed by atoms with Crippen LogP contribution in [0, 0.1) is 5.41 Å². The molecular weight excluding hydrogens is 286 g/mol. The van der Waals surface area contributed by atoms with Crippen molar-refractivity contribution in [2.24, 2.45) is 0 Å². The van der Waals surface area contributed by atoms with E-state index in [1.165, 1.54) is 0 Å². The highest BCUT2D eigenvalue weighted by Gasteiger charge is 2.35. The molecule has 0 aliphatic carbocycles. The third-order valence-electron chi connectivity index (χ3n) is 3.17. The molecule has 21 heavy (non-hydrogen) atoms. The van der Waals surface area contributed by atoms with Crippen LogP contribution in [0.5, 0.6) is 0 Å². The lowest BCUT2D eigenvalue weighted by molar-refractivity contribution is -0.138. The van der Waals surface area contributed by atoms with Crippen LogP contribution in [0.3, 0.4) is 0 Å². The molecule has 0 amide bonds. The second-order valence-electron chi connectivity index (χ2n) is 4.47. The average molecular weight is 301 g/mol. The average Bonchev–Trinajstić information content (AvgIpc) is 2.47. The van der Waals surface area contributed by atoms with Crippen molar-refractivity contribution in [3.05, 3.63) is 46.9 Å². The van der Waals surface area contributed by atoms with Crippen molar-refractivity contribution >= 4 is 29.0 Å². The fraction of sp³-hybridized carbons (Fsp3) is 0.267. The number of nitrogens with one attached hydrogen (secondary N) is 2. The van der Waals surface area contributed by atoms with Gasteiger partial charge in [-0.05, 0) is 31.3 Å². The largest absolute Gasteiger partial charge is 0.463 e. The highest BCUT2D eigenvalue weighted by Crippen LogP contribution is 2.36. The Balaban J connectivity index is 2.62. The standard InChI is InChI=1S/C15H15N3O2S/c1-3-20-15(19)12-9(2)18-14(21)11(7-16)13(12)10-5-4-6-17-8-10/h4-6,8,13,16H,3H2,1-2H3,(H,18,21). The zero-order valence-corrected chi connectivity index (χ0v) is 12.6. The third kappa shape index (κ3) is 2.91. The van der Waals surface area contributed by atoms with Crippen molar-refractivity contribution in [2.75, 3.05) is 6.61 Å². The third-order valence-corrected chi connectivity index (χ3v) is 3.50. The van der Waals surface area contributed by atoms with Gasteiger partial charge < -0.3 is 10.1 Å². The van der Waals surface area contributed by atoms with E-state index in [0.717, 1.165) is 5.56 Å². The van der Waals surface area contributed by atoms with Crippen molar-refractivity contribution in [3.8, 4) is 0 Å². The molecule has 0 aromatic carbocycles. The van der Waals surface area contributed by atoms with E-state index >= 15 is 0 Å². The summed E-state index contributed by atoms with van der Waals surface area (Å²) >= 11 is 5.25. The zero-order valence-electron chi connectivity index (χ0n) is 11.8. The Bertz CT molecular complexity index is 661. The van der Waals surface area contributed by atoms with Gasteiger partial charge >= 0.3 is 5.97 Å². The molecule has 1 aromatic rings. The minimum Gasteiger partial charge on any atom is -0.463 e. The molecule has 2 heterocycles. The predicted octanol–water partition coefficient (Wildman–Crippen LogP) is 2.11. The van der Waals surface area contributed by atoms with Gasteiger partial charge in [-0.1, -0.05) is 18.3 Å². The number of nitrogens with zero attached hydrogens (tertiary/aromatic N) is 1. The van der Waals surface area contributed by atoms with Crippen LogP contribution in [0.2, 0.25) is 0 Å². The number of carbonyl (C=O) groups is 1. The smallest absolute Gasteiger partial charge is 0.336 e. The number of carbonyl (C=O) groups excluding carboxylic acids is 1. The molecule has 1 aliphatic heterocycles. The van der Waals surface area contributed by atoms with Crippen LogP contribution in [0.15, 0.2) is 41.4 Å². The number of allylic oxidation sites excluding steroid dienone is 1. The number of aromatic nitrogens is 1. The molecule has 6 heteroatoms. The maximum atomic E-state index is 12.3. The normalized spacial score (nSPS) is 18.1. The molecule has 2 rings (SSSR count). The number of ether oxygens (including phenoxy) is 1. The molecular formula is C15H15N3O2S. The van der Waals surface area contributed by atoms with Gasteiger partial charge in [0.1, 0.15) is 4.99 Å². The van der Waals surface area contributed by atoms with Crippen LogP contribution < -0.4 is 5.32 Å². The lowest BCUT2D eigenvalue weighted by Gasteiger charge is -2.28. The van der Waals surface area contributed by atoms with E-state index in [4.69, 9.17) is 22.4 Å². The summed E-state index contributed by atoms with van der Waals surface area (Å²) in [5.41, 5.74) is 2.28. The quantitative estimate of drug-likeness (QED) is 0.387. The fourth-order valence-corrected chi connectivity index (χ4v) is 2.61. The van der Waals surface area contributed by atoms with Crippen molar-refractivity contribution < 1.29 is 9.53 Å². The molecule has 1 aliphatic rings. The molecule has 5 nitrogen and oxygen atoms in total. The maximum absolute atomic E-state index is 12.3. The predicted molar refractivity (Wildman–Crippen MR) is 83.3 cm³/mol. The first-order valence-electron chi connectivity index (χ1n) is 6.48. The van der Waals surface area contributed by atoms with Crippen molar-refractivity contribution in [2.45, 2.75) is 19.8 Å². The summed E-state index contributed by atoms with van der Waals surface area (Å²) in [5.74, 6) is 1.44. The molecule has 1 aromatic heterocycles. The Morgan fingerprint density at radius 1 is 1.62 bits per heavy atom. The van der Waals surface area contributed by atoms with Gasteiger partial charge in [0, 0.05) is 18.1 Å². The molecule has 2 N–H and O–H groups in total. The number of esters is 1. The van der Waals surface area contributed by atoms with E-state index < -0.39 is 11.9 Å². The van der Waals surface area contributed by atoms with Gasteiger partial charge in [-0.3, -0.25) is 10.4 Å². The van der Waals surface area contributed by atoms with Crippen LogP contribution in [0.25, 0.3) is 0 Å². The van der Waals surface area contributed by atoms with E-state index in [1.807, 2.05) is 6.07 Å². The van der Waals surface area contributed by atoms with Crippen molar-refractivity contribution in [3.63, 3.8) is 0 Å². The molecule has 0 spiro atoms. The first-order valence-corrected chi connectivity index (χ1v) is 6.89. The van der Waals surface area contributed by atoms with Crippen LogP contribution in [0.1, 0.15) is 25.3 Å². The van der Waals surface area contributed by atoms with Gasteiger partial charge in [0.25, 0.3) is 0 Å². The summed E-state index contributed by atoms with van der Waals surface area (Å²) in [4.78, 5) is 16.7. The first kappa shape index (κ1) is 15.1. The summed E-state index contributed by atoms with van der Waals surface area (Å²) in [6.07, 6.45) is 3.31. The molecule has 0 saturated carbocycles. The van der Waals surface area contributed by atoms with Gasteiger partial charge in [0.2, 0.25) is 0 Å². The monoisotopic (exact) mass is 301 g/mol. The minimum atomic E-state index is -0.482. The summed E-state index contributed by atoms with van der Waals surface area (Å²) in [6, 6.07) is 3.62. The van der Waals surface area contributed by atoms with Gasteiger partial charge in [-0.25, -0.2) is 4.79 Å². The number of thiocarbonyl (C=S) groups is 1. The maximum Gasteiger partial charge on any atom is 0.336 e. The molecule has 1 atom stereocenters. The molecule has 0 saturated heterocycles. The van der Waals surface area contributed by atoms with Crippen LogP contribution >= 0.6 is 12.2 Å². The Kier molecular flexibility index (Phi) is 4.62. The number of pyridine rings is 1. The minimum absolute atomic E-state index is 0.281. The van der Waals surface area contributed by atoms with E-state index in [0.29, 0.717) is 21.8 Å². The van der Waals surface area contributed by atoms with E-state index in [2.05, 4.69) is 16.2 Å². The molecule has 1 unspecified atom stereocenters. The zero-order chi connectivity index (χ0) is 15.4. The number of rotatable bonds is 3. The molecule has 108 valence electrons. The summed E-state index contributed by atoms with van der Waals surface area (Å²) in [7, 11) is 0. The van der Waals surface area contributed by atoms with Crippen LogP contribution in [-0.2, 0) is 9.53 Å². The Labute approximate surface area is 128 Å². The van der Waals surface area contributed by atoms with Crippen LogP contribution in [0.4, 0.5) is 0 Å². The first-order chi connectivity index (χ1) is 10.1. The summed E-state index contributed by atoms with van der Waals surface area (Å²) in [6.45, 7) is 3.80. The van der Waals surface area contributed by atoms with Gasteiger partial charge in [-0.15, -0.1) is 0 Å². The Hall–Kier alpha value is -2.30. The Morgan fingerprint density at radius 2 is 2.38 bits per heavy atom. The summed E-state index contributed by atoms with van der Waals surface area (Å²) < 4.78 is 5.13. The van der Waals surface area contributed by atoms with Crippen LogP contribution in [-0.4, -0.2) is 28.4 Å². The second-order valence-corrected chi connectivity index (χ2v) is 4.88. The lowest BCUT2D eigenvalue weighted by Crippen LogP contribution is -2.35. The number of hydrogen-bond acceptors (Lipinski definition) is 5. The van der Waals surface area contributed by atoms with Gasteiger partial charge in [-0.2, -0.15) is 0 Å². The highest BCUT2D eigenvalue weighted by molar-refractivity contribution is 7.80. The van der Waals surface area contributed by atoms with Gasteiger partial charge in [0.15, 0.2) is 0 Å². The fourth-order valence-electron chi connectivity index (χ4n) is 2.29. The van der Waals surface area contributed by atoms with Crippen molar-refractivity contribution in [1.82, 2.24) is 10.3 Å². The highest BCUT2D eigenvalue weighted by atomic mass is 32.1. The molecule has 0 bridgehead atoms. The number of hydrogen-bond donors (Lipinski definition) is 2. The molecule has 0 fully saturated rings. The topological polar surface area (TPSA) is 75.1 Å². The second kappa shape index (κ2) is 6.43. The van der Waals surface area contributed by atoms with E-state index in [1.54, 1.807) is 32.3 Å². The van der Waals surface area contributed by atoms with Gasteiger partial charge in [0.05, 0.1) is 23.7 Å². The summed E-state index contributed by atoms with van der Waals surface area (Å²) in [5, 5.41) is 10.4. The SMILES string of the molecule is CCOC(=O)C1=C(C)NC(=S)C(=C=N)C1c1cccnc1. The lowest BCUT2D eigenvalue weighted by atomic mass is 9.82. The van der Waals surface area contributed by atoms with E-state index in [-0.39, 0.29) is 6.61 Å². The van der Waals surface area contributed by atoms with E-state index in [9.17, 15) is 4.79 Å². The van der Waals surface area contributed by atoms with Crippen molar-refractivity contribution in [1.29, 1.82) is 5.41 Å².